The molecule has 0 aliphatic carbocycles. The number of sulfonamides is 4. The Bertz CT molecular complexity index is 933. The molecule has 0 fully saturated rings. The third-order valence-corrected chi connectivity index (χ3v) is 18.3. The minimum atomic E-state index is -8.08. The molecule has 0 aliphatic heterocycles. The molecule has 0 unspecified atom stereocenters. The van der Waals surface area contributed by atoms with Crippen LogP contribution in [-0.2, 0) is 40.1 Å². The van der Waals surface area contributed by atoms with Crippen molar-refractivity contribution in [3.8, 4) is 0 Å². The summed E-state index contributed by atoms with van der Waals surface area (Å²) in [5.74, 6) is 0. The van der Waals surface area contributed by atoms with E-state index in [0.717, 1.165) is 0 Å². The van der Waals surface area contributed by atoms with Crippen LogP contribution in [0.4, 0.5) is 52.7 Å². The zero-order chi connectivity index (χ0) is 25.9. The van der Waals surface area contributed by atoms with E-state index in [4.69, 9.17) is 0 Å². The van der Waals surface area contributed by atoms with Crippen LogP contribution >= 0.6 is 0 Å². The van der Waals surface area contributed by atoms with E-state index in [1.54, 1.807) is 0 Å². The number of halogens is 12. The molecule has 0 radical (unpaired) electrons. The molecule has 0 N–H and O–H groups in total. The summed E-state index contributed by atoms with van der Waals surface area (Å²) in [4.78, 5) is 0. The second-order valence-corrected chi connectivity index (χ2v) is 17.6. The van der Waals surface area contributed by atoms with Gasteiger partial charge in [-0.25, -0.2) is 0 Å². The molecule has 0 amide bonds. The van der Waals surface area contributed by atoms with E-state index in [1.807, 2.05) is 0 Å². The molecule has 0 spiro atoms. The first-order valence-electron chi connectivity index (χ1n) is 5.78. The standard InChI is InChI=1S/2C2F6NO4S2.Ca/c2*3-1(4,5)14(10,11)9-15(12,13)2(6,7)8;/q2*-1;+2. The van der Waals surface area contributed by atoms with Crippen molar-refractivity contribution >= 4 is 74.7 Å². The predicted molar refractivity (Wildman–Crippen MR) is 69.3 cm³/mol. The van der Waals surface area contributed by atoms with E-state index in [2.05, 4.69) is 0 Å². The van der Waals surface area contributed by atoms with Crippen LogP contribution in [0.3, 0.4) is 0 Å². The Morgan fingerprint density at radius 3 is 0.613 bits per heavy atom. The topological polar surface area (TPSA) is 143 Å². The molecule has 0 atom stereocenters. The van der Waals surface area contributed by atoms with Gasteiger partial charge < -0.3 is 0 Å². The van der Waals surface area contributed by atoms with E-state index in [0.29, 0.717) is 0 Å². The fourth-order valence-electron chi connectivity index (χ4n) is 1.12. The number of hydrogen-bond acceptors (Lipinski definition) is 8. The molecule has 31 heavy (non-hydrogen) atoms. The van der Waals surface area contributed by atoms with Crippen LogP contribution in [0.5, 0.6) is 0 Å². The van der Waals surface area contributed by atoms with Gasteiger partial charge in [0.2, 0.25) is 0 Å². The number of alkyl halides is 12. The molecule has 0 saturated heterocycles. The molecule has 0 heterocycles. The van der Waals surface area contributed by atoms with Crippen LogP contribution in [0.2, 0.25) is 0 Å². The Morgan fingerprint density at radius 1 is 0.387 bits per heavy atom. The first kappa shape index (κ1) is 31.1. The molecule has 0 aromatic carbocycles. The van der Waals surface area contributed by atoms with E-state index in [1.165, 1.54) is 0 Å². The Kier molecular flexibility index (Phi) is 8.46. The van der Waals surface area contributed by atoms with Crippen molar-refractivity contribution in [2.45, 2.75) is 22.0 Å². The van der Waals surface area contributed by atoms with Crippen LogP contribution in [-0.4, -0.2) is 90.7 Å². The van der Waals surface area contributed by atoms with Crippen LogP contribution in [0.25, 0.3) is 0 Å². The molecule has 184 valence electrons. The van der Waals surface area contributed by atoms with Crippen molar-refractivity contribution in [2.75, 3.05) is 0 Å². The van der Waals surface area contributed by atoms with Crippen LogP contribution in [0.1, 0.15) is 0 Å². The average Bonchev–Trinajstić information content (AvgIpc) is 2.41. The molecule has 0 aromatic heterocycles. The van der Waals surface area contributed by atoms with Gasteiger partial charge in [0, 0.05) is 0 Å². The third-order valence-electron chi connectivity index (χ3n) is 2.47. The van der Waals surface area contributed by atoms with E-state index in [-0.39, 0.29) is 0 Å². The monoisotopic (exact) mass is 600 g/mol. The summed E-state index contributed by atoms with van der Waals surface area (Å²) in [7, 11) is -32.3. The zero-order valence-corrected chi connectivity index (χ0v) is 18.5. The second kappa shape index (κ2) is 8.42. The summed E-state index contributed by atoms with van der Waals surface area (Å²) in [5.41, 5.74) is -28.7. The van der Waals surface area contributed by atoms with Gasteiger partial charge in [-0.3, -0.25) is 0 Å². The molecule has 27 heteroatoms. The first-order valence-corrected chi connectivity index (χ1v) is 13.5. The number of hydrogen-bond donors (Lipinski definition) is 0. The molecule has 10 nitrogen and oxygen atoms in total. The molecular formula is C4CaF12N2O8S4. The van der Waals surface area contributed by atoms with Crippen LogP contribution in [0, 0.1) is 0 Å². The van der Waals surface area contributed by atoms with Crippen molar-refractivity contribution < 1.29 is 86.4 Å². The Morgan fingerprint density at radius 2 is 0.516 bits per heavy atom. The maximum absolute atomic E-state index is 12.5. The number of rotatable bonds is 6. The zero-order valence-electron chi connectivity index (χ0n) is 13.0. The van der Waals surface area contributed by atoms with E-state index in [9.17, 15) is 86.4 Å². The van der Waals surface area contributed by atoms with Gasteiger partial charge in [-0.2, -0.15) is 0 Å². The Labute approximate surface area is 182 Å². The van der Waals surface area contributed by atoms with Gasteiger partial charge in [0.25, 0.3) is 0 Å². The quantitative estimate of drug-likeness (QED) is 0.317. The van der Waals surface area contributed by atoms with Crippen molar-refractivity contribution in [1.82, 2.24) is 0.396 Å². The van der Waals surface area contributed by atoms with Crippen LogP contribution in [0.15, 0.2) is 0 Å². The Hall–Kier alpha value is 0.140. The van der Waals surface area contributed by atoms with Crippen molar-refractivity contribution in [3.05, 3.63) is 0 Å². The summed E-state index contributed by atoms with van der Waals surface area (Å²) in [5, 5.41) is 0. The predicted octanol–water partition coefficient (Wildman–Crippen LogP) is 0.523. The average molecular weight is 600 g/mol. The summed E-state index contributed by atoms with van der Waals surface area (Å²) < 4.78 is 233. The SMILES string of the molecule is O=S(=O)([N]([Ca][N](S(=O)(=O)C(F)(F)F)S(=O)(=O)C(F)(F)F)S(=O)(=O)C(F)(F)F)C(F)(F)F. The molecule has 0 aliphatic rings. The second-order valence-electron chi connectivity index (χ2n) is 4.49. The van der Waals surface area contributed by atoms with Gasteiger partial charge in [0.15, 0.2) is 0 Å². The van der Waals surface area contributed by atoms with Crippen molar-refractivity contribution in [2.24, 2.45) is 0 Å². The normalized spacial score (nSPS) is 15.9. The molecule has 0 saturated carbocycles. The van der Waals surface area contributed by atoms with Gasteiger partial charge in [0.1, 0.15) is 0 Å². The molecule has 0 bridgehead atoms. The third kappa shape index (κ3) is 5.80. The van der Waals surface area contributed by atoms with Crippen molar-refractivity contribution in [1.29, 1.82) is 0 Å². The van der Waals surface area contributed by atoms with Gasteiger partial charge in [-0.15, -0.1) is 0 Å². The summed E-state index contributed by atoms with van der Waals surface area (Å²) in [6.07, 6.45) is 0. The van der Waals surface area contributed by atoms with E-state index >= 15 is 0 Å². The van der Waals surface area contributed by atoms with Gasteiger partial charge >= 0.3 is 183 Å². The van der Waals surface area contributed by atoms with Crippen molar-refractivity contribution in [3.63, 3.8) is 0 Å². The minimum absolute atomic E-state index is 3.06. The fraction of sp³-hybridized carbons (Fsp3) is 1.00. The summed E-state index contributed by atoms with van der Waals surface area (Å²) in [6.45, 7) is 0. The number of nitrogens with zero attached hydrogens (tertiary/aromatic N) is 2. The molecular weight excluding hydrogens is 600 g/mol. The van der Waals surface area contributed by atoms with Gasteiger partial charge in [-0.1, -0.05) is 0 Å². The first-order chi connectivity index (χ1) is 13.0. The van der Waals surface area contributed by atoms with E-state index < -0.39 is 97.1 Å². The summed E-state index contributed by atoms with van der Waals surface area (Å²) >= 11 is -6.68. The Balaban J connectivity index is 7.46. The fourth-order valence-corrected chi connectivity index (χ4v) is 14.7. The van der Waals surface area contributed by atoms with Gasteiger partial charge in [0.05, 0.1) is 0 Å². The maximum atomic E-state index is 12.5. The molecule has 0 rings (SSSR count). The summed E-state index contributed by atoms with van der Waals surface area (Å²) in [6, 6.07) is 0. The molecule has 0 aromatic rings. The van der Waals surface area contributed by atoms with Gasteiger partial charge in [-0.05, 0) is 0 Å². The van der Waals surface area contributed by atoms with Crippen LogP contribution < -0.4 is 0 Å².